The Bertz CT molecular complexity index is 5500. The third-order valence-electron chi connectivity index (χ3n) is 17.3. The number of ketones is 4. The lowest BCUT2D eigenvalue weighted by atomic mass is 10.1. The second-order valence-electron chi connectivity index (χ2n) is 24.6. The van der Waals surface area contributed by atoms with Crippen LogP contribution in [0.5, 0.6) is 23.0 Å². The lowest BCUT2D eigenvalue weighted by Gasteiger charge is -2.10. The Hall–Kier alpha value is -13.6. The molecular formula is C84H79N9O15. The summed E-state index contributed by atoms with van der Waals surface area (Å²) in [6, 6.07) is 43.1. The number of carboxylic acids is 1. The molecule has 24 heteroatoms. The van der Waals surface area contributed by atoms with E-state index >= 15 is 0 Å². The molecular weight excluding hydrogens is 1370 g/mol. The number of aromatic nitrogens is 8. The first-order chi connectivity index (χ1) is 52.1. The molecule has 0 unspecified atom stereocenters. The summed E-state index contributed by atoms with van der Waals surface area (Å²) >= 11 is 0. The molecule has 1 amide bonds. The third kappa shape index (κ3) is 18.1. The molecule has 1 aliphatic carbocycles. The van der Waals surface area contributed by atoms with Gasteiger partial charge in [-0.15, -0.1) is 0 Å². The molecule has 0 spiro atoms. The fourth-order valence-electron chi connectivity index (χ4n) is 11.6. The summed E-state index contributed by atoms with van der Waals surface area (Å²) in [6.45, 7) is 10.2. The molecule has 1 fully saturated rings. The van der Waals surface area contributed by atoms with Crippen LogP contribution in [0.4, 0.5) is 0 Å². The van der Waals surface area contributed by atoms with Gasteiger partial charge in [0.2, 0.25) is 0 Å². The predicted molar refractivity (Wildman–Crippen MR) is 416 cm³/mol. The van der Waals surface area contributed by atoms with Gasteiger partial charge in [0, 0.05) is 35.3 Å². The molecule has 13 rings (SSSR count). The third-order valence-corrected chi connectivity index (χ3v) is 17.3. The Morgan fingerprint density at radius 1 is 0.426 bits per heavy atom. The van der Waals surface area contributed by atoms with Gasteiger partial charge in [0.05, 0.1) is 114 Å². The maximum atomic E-state index is 12.6. The smallest absolute Gasteiger partial charge is 0.341 e. The zero-order chi connectivity index (χ0) is 77.3. The van der Waals surface area contributed by atoms with Crippen LogP contribution >= 0.6 is 0 Å². The Kier molecular flexibility index (Phi) is 25.1. The number of aromatic carboxylic acids is 1. The van der Waals surface area contributed by atoms with Crippen LogP contribution < -0.4 is 24.3 Å². The number of aromatic amines is 3. The number of hydrogen-bond acceptors (Lipinski definition) is 18. The number of rotatable bonds is 23. The summed E-state index contributed by atoms with van der Waals surface area (Å²) in [4.78, 5) is 93.9. The number of hydrogen-bond donors (Lipinski definition) is 5. The number of H-pyrrole nitrogens is 3. The molecule has 0 radical (unpaired) electrons. The van der Waals surface area contributed by atoms with Gasteiger partial charge in [0.15, 0.2) is 23.1 Å². The van der Waals surface area contributed by atoms with Crippen LogP contribution in [0.15, 0.2) is 146 Å². The van der Waals surface area contributed by atoms with Gasteiger partial charge in [-0.25, -0.2) is 14.4 Å². The quantitative estimate of drug-likeness (QED) is 0.0293. The molecule has 4 aromatic heterocycles. The van der Waals surface area contributed by atoms with E-state index in [0.717, 1.165) is 62.6 Å². The lowest BCUT2D eigenvalue weighted by molar-refractivity contribution is 0.0513. The molecule has 0 atom stereocenters. The fourth-order valence-corrected chi connectivity index (χ4v) is 11.6. The Morgan fingerprint density at radius 2 is 0.741 bits per heavy atom. The number of nitrogens with one attached hydrogen (secondary N) is 4. The van der Waals surface area contributed by atoms with Gasteiger partial charge in [-0.1, -0.05) is 121 Å². The lowest BCUT2D eigenvalue weighted by Crippen LogP contribution is -2.25. The highest BCUT2D eigenvalue weighted by Crippen LogP contribution is 2.38. The van der Waals surface area contributed by atoms with Crippen LogP contribution in [-0.2, 0) is 16.5 Å². The van der Waals surface area contributed by atoms with Crippen molar-refractivity contribution in [3.8, 4) is 23.0 Å². The monoisotopic (exact) mass is 1450 g/mol. The van der Waals surface area contributed by atoms with Gasteiger partial charge < -0.3 is 38.8 Å². The van der Waals surface area contributed by atoms with E-state index in [1.807, 2.05) is 110 Å². The summed E-state index contributed by atoms with van der Waals surface area (Å²) in [6.07, 6.45) is 17.0. The minimum atomic E-state index is -1.06. The highest BCUT2D eigenvalue weighted by molar-refractivity contribution is 6.08. The number of esters is 2. The van der Waals surface area contributed by atoms with Gasteiger partial charge in [-0.05, 0) is 149 Å². The van der Waals surface area contributed by atoms with Crippen molar-refractivity contribution in [2.45, 2.75) is 60.4 Å². The number of methoxy groups -OCH3 is 4. The van der Waals surface area contributed by atoms with E-state index in [1.165, 1.54) is 48.2 Å². The van der Waals surface area contributed by atoms with Crippen molar-refractivity contribution in [1.82, 2.24) is 45.7 Å². The molecule has 1 aliphatic rings. The molecule has 12 aromatic rings. The molecule has 550 valence electrons. The topological polar surface area (TPSA) is 328 Å². The molecule has 1 saturated carbocycles. The number of amides is 1. The summed E-state index contributed by atoms with van der Waals surface area (Å²) in [7, 11) is 7.87. The molecule has 108 heavy (non-hydrogen) atoms. The second-order valence-corrected chi connectivity index (χ2v) is 24.6. The average molecular weight is 1450 g/mol. The Balaban J connectivity index is 0.000000154. The van der Waals surface area contributed by atoms with Crippen molar-refractivity contribution in [2.75, 3.05) is 41.7 Å². The molecule has 0 bridgehead atoms. The first-order valence-corrected chi connectivity index (χ1v) is 34.3. The highest BCUT2D eigenvalue weighted by Gasteiger charge is 2.28. The zero-order valence-electron chi connectivity index (χ0n) is 61.3. The number of fused-ring (bicyclic) bond motifs is 4. The van der Waals surface area contributed by atoms with Crippen LogP contribution in [0.2, 0.25) is 0 Å². The van der Waals surface area contributed by atoms with E-state index in [2.05, 4.69) is 41.0 Å². The molecule has 8 aromatic carbocycles. The second kappa shape index (κ2) is 35.2. The number of carbonyl (C=O) groups is 8. The van der Waals surface area contributed by atoms with Crippen LogP contribution in [-0.4, -0.2) is 140 Å². The van der Waals surface area contributed by atoms with Gasteiger partial charge in [-0.2, -0.15) is 20.4 Å². The summed E-state index contributed by atoms with van der Waals surface area (Å²) in [5.74, 6) is -0.302. The maximum absolute atomic E-state index is 12.6. The van der Waals surface area contributed by atoms with E-state index in [4.69, 9.17) is 28.4 Å². The molecule has 5 N–H and O–H groups in total. The standard InChI is InChI=1S/C22H21N3O3.C22H22N2O4.C21H20N2O4.C19H16N2O4/c1-13(26)15-6-3-14(4-7-15)5-11-18-20-19(25-24-18)12-10-17(21(20)28-2)22(27)23-16-8-9-16;1-5-28-22(26)17-11-13-19-20(21(17)27-4)18(23-24(19)3)12-8-15-6-9-16(10-7-15)14(2)25;1-4-27-21(25)16-10-12-18-19(20(16)26-3)17(22-23-18)11-7-14-5-8-15(9-6-14)13(2)24;1-11(22)13-6-3-12(4-7-13)5-9-15-17-16(21-20-15)10-8-14(19(23)24)18(17)25-2/h3-7,10-12,16H,8-9H2,1-2H3,(H,23,27)(H,24,25);6-13H,5H2,1-4H3;5-12H,4H2,1-3H3,(H,22,23);3-10H,1-2H3,(H,20,21)(H,23,24)/b11-5+;12-8+;11-7+;9-5+. The first kappa shape index (κ1) is 77.0. The van der Waals surface area contributed by atoms with E-state index in [9.17, 15) is 43.5 Å². The maximum Gasteiger partial charge on any atom is 0.341 e. The van der Waals surface area contributed by atoms with Crippen LogP contribution in [0.3, 0.4) is 0 Å². The predicted octanol–water partition coefficient (Wildman–Crippen LogP) is 15.7. The number of benzene rings is 8. The molecule has 4 heterocycles. The van der Waals surface area contributed by atoms with Crippen molar-refractivity contribution in [3.05, 3.63) is 235 Å². The number of Topliss-reactive ketones (excluding diaryl/α,β-unsaturated/α-hetero) is 4. The zero-order valence-corrected chi connectivity index (χ0v) is 61.3. The van der Waals surface area contributed by atoms with Crippen molar-refractivity contribution in [3.63, 3.8) is 0 Å². The summed E-state index contributed by atoms with van der Waals surface area (Å²) in [5.41, 5.74) is 13.4. The van der Waals surface area contributed by atoms with Crippen molar-refractivity contribution >= 4 is 139 Å². The van der Waals surface area contributed by atoms with Gasteiger partial charge >= 0.3 is 17.9 Å². The van der Waals surface area contributed by atoms with Gasteiger partial charge in [0.25, 0.3) is 5.91 Å². The van der Waals surface area contributed by atoms with E-state index in [1.54, 1.807) is 118 Å². The minimum absolute atomic E-state index is 0.0148. The SMILES string of the molecule is CCOC(=O)c1ccc2c(c(/C=C/c3ccc(C(C)=O)cc3)nn2C)c1OC.CCOC(=O)c1ccc2n[nH]c(/C=C/c3ccc(C(C)=O)cc3)c2c1OC.COc1c(C(=O)NC2CC2)ccc2n[nH]c(/C=C/c3ccc(C(C)=O)cc3)c12.COc1c(C(=O)O)ccc2n[nH]c(/C=C/c3ccc(C(C)=O)cc3)c12. The summed E-state index contributed by atoms with van der Waals surface area (Å²) in [5, 5.41) is 41.3. The van der Waals surface area contributed by atoms with Crippen LogP contribution in [0, 0.1) is 0 Å². The van der Waals surface area contributed by atoms with E-state index < -0.39 is 17.9 Å². The molecule has 24 nitrogen and oxygen atoms in total. The number of ether oxygens (including phenoxy) is 6. The largest absolute Gasteiger partial charge is 0.495 e. The van der Waals surface area contributed by atoms with Gasteiger partial charge in [-0.3, -0.25) is 44.0 Å². The first-order valence-electron chi connectivity index (χ1n) is 34.3. The average Bonchev–Trinajstić information content (AvgIpc) is 1.62. The number of nitrogens with zero attached hydrogens (tertiary/aromatic N) is 5. The van der Waals surface area contributed by atoms with Crippen molar-refractivity contribution in [1.29, 1.82) is 0 Å². The Morgan fingerprint density at radius 3 is 1.07 bits per heavy atom. The number of carbonyl (C=O) groups excluding carboxylic acids is 7. The number of carboxylic acid groups (broad SMARTS) is 1. The Labute approximate surface area is 621 Å². The normalized spacial score (nSPS) is 11.8. The van der Waals surface area contributed by atoms with E-state index in [0.29, 0.717) is 95.1 Å². The van der Waals surface area contributed by atoms with Crippen molar-refractivity contribution < 1.29 is 71.9 Å². The van der Waals surface area contributed by atoms with Gasteiger partial charge in [0.1, 0.15) is 39.7 Å². The van der Waals surface area contributed by atoms with Crippen molar-refractivity contribution in [2.24, 2.45) is 7.05 Å². The van der Waals surface area contributed by atoms with Crippen LogP contribution in [0.25, 0.3) is 92.2 Å². The highest BCUT2D eigenvalue weighted by atomic mass is 16.5. The van der Waals surface area contributed by atoms with Crippen LogP contribution in [0.1, 0.15) is 182 Å². The summed E-state index contributed by atoms with van der Waals surface area (Å²) < 4.78 is 33.9. The fraction of sp³-hybridized carbons (Fsp3) is 0.190. The number of aryl methyl sites for hydroxylation is 1. The molecule has 0 saturated heterocycles. The van der Waals surface area contributed by atoms with E-state index in [-0.39, 0.29) is 59.6 Å². The minimum Gasteiger partial charge on any atom is -0.495 e. The molecule has 0 aliphatic heterocycles.